The van der Waals surface area contributed by atoms with Crippen molar-refractivity contribution in [2.45, 2.75) is 25.9 Å². The van der Waals surface area contributed by atoms with Gasteiger partial charge in [0.15, 0.2) is 5.65 Å². The lowest BCUT2D eigenvalue weighted by molar-refractivity contribution is 0.0644. The van der Waals surface area contributed by atoms with Crippen LogP contribution in [0.5, 0.6) is 0 Å². The summed E-state index contributed by atoms with van der Waals surface area (Å²) in [6, 6.07) is 25.2. The zero-order chi connectivity index (χ0) is 26.9. The summed E-state index contributed by atoms with van der Waals surface area (Å²) in [5, 5.41) is 10.4. The number of piperazine rings is 1. The van der Waals surface area contributed by atoms with Crippen LogP contribution in [0.3, 0.4) is 0 Å². The predicted molar refractivity (Wildman–Crippen MR) is 151 cm³/mol. The lowest BCUT2D eigenvalue weighted by Crippen LogP contribution is -2.58. The quantitative estimate of drug-likeness (QED) is 0.332. The van der Waals surface area contributed by atoms with E-state index in [-0.39, 0.29) is 18.0 Å². The second-order valence-corrected chi connectivity index (χ2v) is 9.86. The van der Waals surface area contributed by atoms with Gasteiger partial charge >= 0.3 is 0 Å². The molecule has 0 N–H and O–H groups in total. The molecule has 0 bridgehead atoms. The van der Waals surface area contributed by atoms with E-state index in [0.717, 1.165) is 22.3 Å². The average Bonchev–Trinajstić information content (AvgIpc) is 3.39. The standard InChI is InChI=1S/C31H27N7O/c1-21-18-37(31(39)25-11-7-4-8-12-25)22(2)17-36(21)29-28-26(24-9-5-3-6-10-24)19-38(30(28)35-20-34-29)27-15-23(16-32)13-14-33-27/h3-15,19-22H,17-18H2,1-2H3/t21-,22+/m0/s1. The third kappa shape index (κ3) is 4.38. The van der Waals surface area contributed by atoms with E-state index in [1.807, 2.05) is 64.2 Å². The maximum absolute atomic E-state index is 13.3. The van der Waals surface area contributed by atoms with Crippen LogP contribution in [-0.2, 0) is 0 Å². The number of amides is 1. The Bertz CT molecular complexity index is 1690. The van der Waals surface area contributed by atoms with Gasteiger partial charge in [0, 0.05) is 48.7 Å². The molecule has 4 heterocycles. The molecule has 2 aromatic carbocycles. The molecule has 3 aromatic heterocycles. The molecule has 192 valence electrons. The van der Waals surface area contributed by atoms with Crippen LogP contribution in [0.4, 0.5) is 5.82 Å². The molecule has 1 fully saturated rings. The Kier molecular flexibility index (Phi) is 6.25. The second kappa shape index (κ2) is 10.0. The molecule has 8 heteroatoms. The molecule has 5 aromatic rings. The van der Waals surface area contributed by atoms with Crippen LogP contribution in [0.25, 0.3) is 28.0 Å². The highest BCUT2D eigenvalue weighted by Gasteiger charge is 2.34. The van der Waals surface area contributed by atoms with E-state index in [9.17, 15) is 10.1 Å². The number of hydrogen-bond donors (Lipinski definition) is 0. The van der Waals surface area contributed by atoms with E-state index in [4.69, 9.17) is 4.98 Å². The predicted octanol–water partition coefficient (Wildman–Crippen LogP) is 5.09. The van der Waals surface area contributed by atoms with E-state index >= 15 is 0 Å². The van der Waals surface area contributed by atoms with Gasteiger partial charge in [-0.15, -0.1) is 0 Å². The highest BCUT2D eigenvalue weighted by Crippen LogP contribution is 2.38. The summed E-state index contributed by atoms with van der Waals surface area (Å²) in [4.78, 5) is 31.6. The molecule has 0 saturated carbocycles. The van der Waals surface area contributed by atoms with Crippen molar-refractivity contribution < 1.29 is 4.79 Å². The number of aromatic nitrogens is 4. The van der Waals surface area contributed by atoms with Gasteiger partial charge in [0.05, 0.1) is 17.0 Å². The molecule has 1 saturated heterocycles. The fraction of sp³-hybridized carbons (Fsp3) is 0.194. The fourth-order valence-electron chi connectivity index (χ4n) is 5.35. The molecule has 8 nitrogen and oxygen atoms in total. The summed E-state index contributed by atoms with van der Waals surface area (Å²) in [5.74, 6) is 1.48. The lowest BCUT2D eigenvalue weighted by Gasteiger charge is -2.45. The molecule has 0 spiro atoms. The van der Waals surface area contributed by atoms with Crippen LogP contribution in [0, 0.1) is 11.3 Å². The summed E-state index contributed by atoms with van der Waals surface area (Å²) in [5.41, 5.74) is 3.95. The third-order valence-electron chi connectivity index (χ3n) is 7.31. The molecule has 1 amide bonds. The summed E-state index contributed by atoms with van der Waals surface area (Å²) < 4.78 is 1.92. The monoisotopic (exact) mass is 513 g/mol. The van der Waals surface area contributed by atoms with Crippen molar-refractivity contribution >= 4 is 22.8 Å². The van der Waals surface area contributed by atoms with Gasteiger partial charge < -0.3 is 9.80 Å². The second-order valence-electron chi connectivity index (χ2n) is 9.86. The first-order valence-electron chi connectivity index (χ1n) is 13.0. The zero-order valence-corrected chi connectivity index (χ0v) is 21.8. The number of anilines is 1. The maximum atomic E-state index is 13.3. The van der Waals surface area contributed by atoms with Crippen LogP contribution in [0.15, 0.2) is 91.5 Å². The number of nitriles is 1. The van der Waals surface area contributed by atoms with Crippen molar-refractivity contribution in [2.24, 2.45) is 0 Å². The SMILES string of the molecule is C[C@@H]1CN(c2ncnc3c2c(-c2ccccc2)cn3-c2cc(C#N)ccn2)[C@@H](C)CN1C(=O)c1ccccc1. The molecule has 1 aliphatic heterocycles. The molecule has 0 aliphatic carbocycles. The smallest absolute Gasteiger partial charge is 0.254 e. The van der Waals surface area contributed by atoms with Crippen molar-refractivity contribution in [2.75, 3.05) is 18.0 Å². The Morgan fingerprint density at radius 3 is 2.41 bits per heavy atom. The number of fused-ring (bicyclic) bond motifs is 1. The molecule has 6 rings (SSSR count). The zero-order valence-electron chi connectivity index (χ0n) is 21.8. The Morgan fingerprint density at radius 2 is 1.67 bits per heavy atom. The lowest BCUT2D eigenvalue weighted by atomic mass is 10.0. The van der Waals surface area contributed by atoms with Gasteiger partial charge in [-0.2, -0.15) is 5.26 Å². The van der Waals surface area contributed by atoms with E-state index < -0.39 is 0 Å². The van der Waals surface area contributed by atoms with E-state index in [0.29, 0.717) is 35.7 Å². The topological polar surface area (TPSA) is 90.9 Å². The van der Waals surface area contributed by atoms with Gasteiger partial charge in [0.2, 0.25) is 0 Å². The molecule has 2 atom stereocenters. The first kappa shape index (κ1) is 24.3. The van der Waals surface area contributed by atoms with Crippen molar-refractivity contribution in [1.29, 1.82) is 5.26 Å². The van der Waals surface area contributed by atoms with Crippen molar-refractivity contribution in [1.82, 2.24) is 24.4 Å². The minimum absolute atomic E-state index is 0.0184. The average molecular weight is 514 g/mol. The minimum Gasteiger partial charge on any atom is -0.349 e. The summed E-state index contributed by atoms with van der Waals surface area (Å²) in [6.45, 7) is 5.42. The Hall–Kier alpha value is -5.03. The molecular formula is C31H27N7O. The Labute approximate surface area is 226 Å². The number of rotatable bonds is 4. The summed E-state index contributed by atoms with van der Waals surface area (Å²) >= 11 is 0. The minimum atomic E-state index is -0.0184. The van der Waals surface area contributed by atoms with Crippen molar-refractivity contribution in [3.8, 4) is 23.0 Å². The van der Waals surface area contributed by atoms with Gasteiger partial charge in [0.25, 0.3) is 5.91 Å². The number of nitrogens with zero attached hydrogens (tertiary/aromatic N) is 7. The Balaban J connectivity index is 1.45. The Morgan fingerprint density at radius 1 is 0.923 bits per heavy atom. The van der Waals surface area contributed by atoms with Crippen LogP contribution in [-0.4, -0.2) is 55.5 Å². The molecule has 39 heavy (non-hydrogen) atoms. The number of benzene rings is 2. The van der Waals surface area contributed by atoms with Crippen LogP contribution in [0.2, 0.25) is 0 Å². The van der Waals surface area contributed by atoms with Crippen molar-refractivity contribution in [3.63, 3.8) is 0 Å². The normalized spacial score (nSPS) is 17.3. The number of carbonyl (C=O) groups excluding carboxylic acids is 1. The van der Waals surface area contributed by atoms with E-state index in [1.54, 1.807) is 24.7 Å². The van der Waals surface area contributed by atoms with Gasteiger partial charge in [-0.05, 0) is 43.7 Å². The largest absolute Gasteiger partial charge is 0.349 e. The fourth-order valence-corrected chi connectivity index (χ4v) is 5.35. The van der Waals surface area contributed by atoms with E-state index in [1.165, 1.54) is 0 Å². The number of carbonyl (C=O) groups is 1. The van der Waals surface area contributed by atoms with Gasteiger partial charge in [0.1, 0.15) is 18.0 Å². The van der Waals surface area contributed by atoms with Crippen LogP contribution >= 0.6 is 0 Å². The highest BCUT2D eigenvalue weighted by molar-refractivity contribution is 6.02. The van der Waals surface area contributed by atoms with Gasteiger partial charge in [-0.3, -0.25) is 9.36 Å². The van der Waals surface area contributed by atoms with Gasteiger partial charge in [-0.1, -0.05) is 48.5 Å². The van der Waals surface area contributed by atoms with Crippen LogP contribution < -0.4 is 4.90 Å². The number of pyridine rings is 1. The molecule has 0 radical (unpaired) electrons. The first-order chi connectivity index (χ1) is 19.0. The first-order valence-corrected chi connectivity index (χ1v) is 13.0. The van der Waals surface area contributed by atoms with Crippen LogP contribution in [0.1, 0.15) is 29.8 Å². The summed E-state index contributed by atoms with van der Waals surface area (Å²) in [7, 11) is 0. The summed E-state index contributed by atoms with van der Waals surface area (Å²) in [6.07, 6.45) is 5.23. The van der Waals surface area contributed by atoms with E-state index in [2.05, 4.69) is 46.9 Å². The third-order valence-corrected chi connectivity index (χ3v) is 7.31. The maximum Gasteiger partial charge on any atom is 0.254 e. The van der Waals surface area contributed by atoms with Crippen molar-refractivity contribution in [3.05, 3.63) is 103 Å². The molecular weight excluding hydrogens is 486 g/mol. The van der Waals surface area contributed by atoms with Gasteiger partial charge in [-0.25, -0.2) is 15.0 Å². The number of hydrogen-bond acceptors (Lipinski definition) is 6. The molecule has 1 aliphatic rings. The molecule has 0 unspecified atom stereocenters. The highest BCUT2D eigenvalue weighted by atomic mass is 16.2.